The van der Waals surface area contributed by atoms with Crippen LogP contribution in [-0.4, -0.2) is 50.8 Å². The van der Waals surface area contributed by atoms with Crippen molar-refractivity contribution in [2.45, 2.75) is 59.4 Å². The van der Waals surface area contributed by atoms with E-state index in [1.165, 1.54) is 25.7 Å². The first kappa shape index (κ1) is 22.5. The number of aromatic nitrogens is 1. The highest BCUT2D eigenvalue weighted by molar-refractivity contribution is 5.79. The molecule has 0 amide bonds. The predicted molar refractivity (Wildman–Crippen MR) is 118 cm³/mol. The molecule has 1 aliphatic rings. The molecule has 0 saturated heterocycles. The first-order chi connectivity index (χ1) is 13.7. The lowest BCUT2D eigenvalue weighted by Gasteiger charge is -2.30. The Bertz CT molecular complexity index is 577. The van der Waals surface area contributed by atoms with E-state index in [4.69, 9.17) is 4.74 Å². The number of hydrogen-bond acceptors (Lipinski definition) is 4. The van der Waals surface area contributed by atoms with Gasteiger partial charge >= 0.3 is 0 Å². The third kappa shape index (κ3) is 6.66. The van der Waals surface area contributed by atoms with Crippen LogP contribution in [0.1, 0.15) is 58.4 Å². The van der Waals surface area contributed by atoms with Crippen LogP contribution < -0.4 is 15.5 Å². The summed E-state index contributed by atoms with van der Waals surface area (Å²) < 4.78 is 5.62. The van der Waals surface area contributed by atoms with Crippen molar-refractivity contribution in [3.8, 4) is 0 Å². The molecule has 0 spiro atoms. The van der Waals surface area contributed by atoms with E-state index in [1.807, 2.05) is 13.2 Å². The highest BCUT2D eigenvalue weighted by Gasteiger charge is 2.33. The van der Waals surface area contributed by atoms with Crippen molar-refractivity contribution in [2.75, 3.05) is 44.8 Å². The van der Waals surface area contributed by atoms with Gasteiger partial charge in [-0.1, -0.05) is 18.9 Å². The Kier molecular flexibility index (Phi) is 9.55. The molecule has 0 atom stereocenters. The molecule has 0 aliphatic heterocycles. The highest BCUT2D eigenvalue weighted by Crippen LogP contribution is 2.40. The number of ether oxygens (including phenoxy) is 1. The second kappa shape index (κ2) is 11.9. The molecule has 0 aromatic carbocycles. The quantitative estimate of drug-likeness (QED) is 0.344. The molecule has 2 rings (SSSR count). The Hall–Kier alpha value is -1.82. The van der Waals surface area contributed by atoms with Crippen molar-refractivity contribution in [1.29, 1.82) is 0 Å². The maximum Gasteiger partial charge on any atom is 0.191 e. The minimum atomic E-state index is 0.347. The van der Waals surface area contributed by atoms with E-state index in [9.17, 15) is 0 Å². The summed E-state index contributed by atoms with van der Waals surface area (Å²) in [6.45, 7) is 11.7. The normalized spacial score (nSPS) is 16.2. The van der Waals surface area contributed by atoms with Crippen LogP contribution in [0.15, 0.2) is 23.3 Å². The van der Waals surface area contributed by atoms with Gasteiger partial charge in [0.1, 0.15) is 5.82 Å². The standard InChI is InChI=1S/C22H39N5O/c1-5-27(6-2)20-11-10-19(16-24-20)17-25-21(23-4)26-18-22(12-8-9-13-22)14-15-28-7-3/h10-11,16H,5-9,12-15,17-18H2,1-4H3,(H2,23,25,26). The number of pyridine rings is 1. The summed E-state index contributed by atoms with van der Waals surface area (Å²) in [5.41, 5.74) is 1.51. The van der Waals surface area contributed by atoms with Crippen LogP contribution in [0, 0.1) is 5.41 Å². The SMILES string of the molecule is CCOCCC1(CNC(=NC)NCc2ccc(N(CC)CC)nc2)CCCC1. The topological polar surface area (TPSA) is 61.8 Å². The van der Waals surface area contributed by atoms with E-state index in [1.54, 1.807) is 0 Å². The Morgan fingerprint density at radius 1 is 1.18 bits per heavy atom. The van der Waals surface area contributed by atoms with Crippen LogP contribution in [-0.2, 0) is 11.3 Å². The van der Waals surface area contributed by atoms with Gasteiger partial charge in [-0.05, 0) is 57.1 Å². The maximum absolute atomic E-state index is 5.62. The maximum atomic E-state index is 5.62. The van der Waals surface area contributed by atoms with Crippen LogP contribution in [0.2, 0.25) is 0 Å². The molecule has 0 bridgehead atoms. The molecule has 6 heteroatoms. The Morgan fingerprint density at radius 2 is 1.93 bits per heavy atom. The second-order valence-corrected chi connectivity index (χ2v) is 7.63. The Morgan fingerprint density at radius 3 is 2.50 bits per heavy atom. The minimum absolute atomic E-state index is 0.347. The molecule has 2 N–H and O–H groups in total. The van der Waals surface area contributed by atoms with Crippen molar-refractivity contribution in [1.82, 2.24) is 15.6 Å². The smallest absolute Gasteiger partial charge is 0.191 e. The molecule has 158 valence electrons. The van der Waals surface area contributed by atoms with Crippen molar-refractivity contribution >= 4 is 11.8 Å². The average Bonchev–Trinajstić information content (AvgIpc) is 3.19. The fraction of sp³-hybridized carbons (Fsp3) is 0.727. The molecular formula is C22H39N5O. The summed E-state index contributed by atoms with van der Waals surface area (Å²) >= 11 is 0. The number of nitrogens with one attached hydrogen (secondary N) is 2. The van der Waals surface area contributed by atoms with Crippen molar-refractivity contribution in [3.05, 3.63) is 23.9 Å². The van der Waals surface area contributed by atoms with E-state index < -0.39 is 0 Å². The van der Waals surface area contributed by atoms with Crippen molar-refractivity contribution < 1.29 is 4.74 Å². The Balaban J connectivity index is 1.83. The number of rotatable bonds is 11. The zero-order chi connectivity index (χ0) is 20.2. The van der Waals surface area contributed by atoms with Gasteiger partial charge < -0.3 is 20.3 Å². The summed E-state index contributed by atoms with van der Waals surface area (Å²) in [5.74, 6) is 1.89. The molecule has 28 heavy (non-hydrogen) atoms. The van der Waals surface area contributed by atoms with Crippen LogP contribution in [0.25, 0.3) is 0 Å². The summed E-state index contributed by atoms with van der Waals surface area (Å²) in [4.78, 5) is 11.2. The van der Waals surface area contributed by atoms with Gasteiger partial charge in [-0.3, -0.25) is 4.99 Å². The third-order valence-electron chi connectivity index (χ3n) is 5.86. The van der Waals surface area contributed by atoms with Crippen molar-refractivity contribution in [2.24, 2.45) is 10.4 Å². The third-order valence-corrected chi connectivity index (χ3v) is 5.86. The lowest BCUT2D eigenvalue weighted by Crippen LogP contribution is -2.43. The van der Waals surface area contributed by atoms with Crippen molar-refractivity contribution in [3.63, 3.8) is 0 Å². The van der Waals surface area contributed by atoms with Gasteiger partial charge in [0, 0.05) is 52.6 Å². The summed E-state index contributed by atoms with van der Waals surface area (Å²) in [5, 5.41) is 6.98. The Labute approximate surface area is 171 Å². The first-order valence-electron chi connectivity index (χ1n) is 10.9. The van der Waals surface area contributed by atoms with E-state index in [2.05, 4.69) is 58.4 Å². The van der Waals surface area contributed by atoms with Gasteiger partial charge in [0.15, 0.2) is 5.96 Å². The average molecular weight is 390 g/mol. The van der Waals surface area contributed by atoms with Gasteiger partial charge in [0.05, 0.1) is 0 Å². The van der Waals surface area contributed by atoms with Gasteiger partial charge in [0.25, 0.3) is 0 Å². The largest absolute Gasteiger partial charge is 0.382 e. The van der Waals surface area contributed by atoms with Crippen LogP contribution >= 0.6 is 0 Å². The van der Waals surface area contributed by atoms with Crippen LogP contribution in [0.3, 0.4) is 0 Å². The number of anilines is 1. The van der Waals surface area contributed by atoms with Gasteiger partial charge in [-0.2, -0.15) is 0 Å². The summed E-state index contributed by atoms with van der Waals surface area (Å²) in [6, 6.07) is 4.24. The van der Waals surface area contributed by atoms with Crippen LogP contribution in [0.4, 0.5) is 5.82 Å². The number of hydrogen-bond donors (Lipinski definition) is 2. The monoisotopic (exact) mass is 389 g/mol. The molecule has 1 aromatic rings. The molecule has 1 aromatic heterocycles. The molecular weight excluding hydrogens is 350 g/mol. The molecule has 1 aliphatic carbocycles. The first-order valence-corrected chi connectivity index (χ1v) is 10.9. The lowest BCUT2D eigenvalue weighted by molar-refractivity contribution is 0.105. The van der Waals surface area contributed by atoms with E-state index in [-0.39, 0.29) is 0 Å². The molecule has 0 unspecified atom stereocenters. The fourth-order valence-corrected chi connectivity index (χ4v) is 4.01. The molecule has 6 nitrogen and oxygen atoms in total. The number of nitrogens with zero attached hydrogens (tertiary/aromatic N) is 3. The second-order valence-electron chi connectivity index (χ2n) is 7.63. The van der Waals surface area contributed by atoms with Gasteiger partial charge in [-0.25, -0.2) is 4.98 Å². The summed E-state index contributed by atoms with van der Waals surface area (Å²) in [7, 11) is 1.83. The predicted octanol–water partition coefficient (Wildman–Crippen LogP) is 3.58. The highest BCUT2D eigenvalue weighted by atomic mass is 16.5. The number of guanidine groups is 1. The molecule has 1 fully saturated rings. The zero-order valence-electron chi connectivity index (χ0n) is 18.3. The summed E-state index contributed by atoms with van der Waals surface area (Å²) in [6.07, 6.45) is 8.28. The lowest BCUT2D eigenvalue weighted by atomic mass is 9.83. The minimum Gasteiger partial charge on any atom is -0.382 e. The van der Waals surface area contributed by atoms with Gasteiger partial charge in [0.2, 0.25) is 0 Å². The molecule has 1 heterocycles. The zero-order valence-corrected chi connectivity index (χ0v) is 18.3. The van der Waals surface area contributed by atoms with Crippen LogP contribution in [0.5, 0.6) is 0 Å². The molecule has 1 saturated carbocycles. The van der Waals surface area contributed by atoms with Gasteiger partial charge in [-0.15, -0.1) is 0 Å². The number of aliphatic imine (C=N–C) groups is 1. The molecule has 0 radical (unpaired) electrons. The van der Waals surface area contributed by atoms with E-state index >= 15 is 0 Å². The van der Waals surface area contributed by atoms with E-state index in [0.29, 0.717) is 5.41 Å². The van der Waals surface area contributed by atoms with E-state index in [0.717, 1.165) is 63.2 Å². The fourth-order valence-electron chi connectivity index (χ4n) is 4.01.